The van der Waals surface area contributed by atoms with Gasteiger partial charge in [0.25, 0.3) is 0 Å². The Balaban J connectivity index is 1.79. The summed E-state index contributed by atoms with van der Waals surface area (Å²) in [4.78, 5) is 36.7. The topological polar surface area (TPSA) is 132 Å². The van der Waals surface area contributed by atoms with Crippen LogP contribution in [0.1, 0.15) is 52.4 Å². The van der Waals surface area contributed by atoms with Crippen molar-refractivity contribution in [3.8, 4) is 0 Å². The van der Waals surface area contributed by atoms with E-state index in [0.29, 0.717) is 19.3 Å². The van der Waals surface area contributed by atoms with E-state index < -0.39 is 46.8 Å². The zero-order valence-electron chi connectivity index (χ0n) is 16.9. The number of aliphatic hydroxyl groups excluding tert-OH is 2. The minimum atomic E-state index is -1.68. The molecular formula is C22H30O7. The van der Waals surface area contributed by atoms with E-state index in [1.54, 1.807) is 6.08 Å². The zero-order valence-corrected chi connectivity index (χ0v) is 16.9. The predicted molar refractivity (Wildman–Crippen MR) is 102 cm³/mol. The fourth-order valence-electron chi connectivity index (χ4n) is 7.69. The maximum atomic E-state index is 12.4. The lowest BCUT2D eigenvalue weighted by Crippen LogP contribution is -2.63. The second-order valence-corrected chi connectivity index (χ2v) is 10.0. The van der Waals surface area contributed by atoms with Gasteiger partial charge in [-0.15, -0.1) is 0 Å². The minimum absolute atomic E-state index is 0.0538. The van der Waals surface area contributed by atoms with E-state index in [-0.39, 0.29) is 42.8 Å². The summed E-state index contributed by atoms with van der Waals surface area (Å²) in [6.45, 7) is 2.95. The van der Waals surface area contributed by atoms with Crippen molar-refractivity contribution >= 4 is 17.5 Å². The molecule has 29 heavy (non-hydrogen) atoms. The number of carbonyl (C=O) groups is 3. The van der Waals surface area contributed by atoms with Gasteiger partial charge in [0, 0.05) is 17.3 Å². The number of rotatable bonds is 3. The minimum Gasteiger partial charge on any atom is -0.481 e. The molecular weight excluding hydrogens is 376 g/mol. The van der Waals surface area contributed by atoms with Crippen LogP contribution in [0.25, 0.3) is 0 Å². The molecule has 0 bridgehead atoms. The quantitative estimate of drug-likeness (QED) is 0.551. The highest BCUT2D eigenvalue weighted by molar-refractivity contribution is 5.95. The number of carboxylic acid groups (broad SMARTS) is 1. The maximum Gasteiger partial charge on any atom is 0.307 e. The maximum absolute atomic E-state index is 12.4. The van der Waals surface area contributed by atoms with Gasteiger partial charge >= 0.3 is 5.97 Å². The van der Waals surface area contributed by atoms with Crippen molar-refractivity contribution in [1.29, 1.82) is 0 Å². The van der Waals surface area contributed by atoms with Gasteiger partial charge in [0.1, 0.15) is 12.2 Å². The van der Waals surface area contributed by atoms with Crippen molar-refractivity contribution in [2.24, 2.45) is 34.5 Å². The lowest BCUT2D eigenvalue weighted by molar-refractivity contribution is -0.189. The highest BCUT2D eigenvalue weighted by atomic mass is 16.4. The Labute approximate surface area is 169 Å². The van der Waals surface area contributed by atoms with Crippen LogP contribution < -0.4 is 0 Å². The van der Waals surface area contributed by atoms with E-state index in [1.165, 1.54) is 0 Å². The summed E-state index contributed by atoms with van der Waals surface area (Å²) in [5.74, 6) is -3.15. The lowest BCUT2D eigenvalue weighted by atomic mass is 9.43. The van der Waals surface area contributed by atoms with E-state index in [4.69, 9.17) is 0 Å². The summed E-state index contributed by atoms with van der Waals surface area (Å²) in [5.41, 5.74) is -2.56. The fraction of sp³-hybridized carbons (Fsp3) is 0.773. The molecule has 3 saturated carbocycles. The van der Waals surface area contributed by atoms with Crippen LogP contribution in [0.4, 0.5) is 0 Å². The number of ketones is 2. The summed E-state index contributed by atoms with van der Waals surface area (Å²) in [7, 11) is 0. The Morgan fingerprint density at radius 2 is 1.93 bits per heavy atom. The van der Waals surface area contributed by atoms with Crippen LogP contribution in [0.2, 0.25) is 0 Å². The molecule has 8 atom stereocenters. The molecule has 7 nitrogen and oxygen atoms in total. The number of fused-ring (bicyclic) bond motifs is 5. The molecule has 3 fully saturated rings. The van der Waals surface area contributed by atoms with E-state index in [0.717, 1.165) is 5.57 Å². The van der Waals surface area contributed by atoms with Crippen molar-refractivity contribution in [3.63, 3.8) is 0 Å². The number of Topliss-reactive ketones (excluding diaryl/α,β-unsaturated/α-hetero) is 1. The van der Waals surface area contributed by atoms with E-state index in [1.807, 2.05) is 13.8 Å². The first kappa shape index (κ1) is 20.7. The summed E-state index contributed by atoms with van der Waals surface area (Å²) in [6.07, 6.45) is 2.88. The summed E-state index contributed by atoms with van der Waals surface area (Å²) in [6, 6.07) is 0. The van der Waals surface area contributed by atoms with Crippen LogP contribution in [0.3, 0.4) is 0 Å². The molecule has 0 radical (unpaired) electrons. The van der Waals surface area contributed by atoms with Crippen molar-refractivity contribution in [3.05, 3.63) is 11.6 Å². The molecule has 0 heterocycles. The fourth-order valence-corrected chi connectivity index (χ4v) is 7.69. The highest BCUT2D eigenvalue weighted by Gasteiger charge is 2.69. The smallest absolute Gasteiger partial charge is 0.307 e. The summed E-state index contributed by atoms with van der Waals surface area (Å²) >= 11 is 0. The largest absolute Gasteiger partial charge is 0.481 e. The number of aliphatic carboxylic acids is 1. The number of carbonyl (C=O) groups excluding carboxylic acids is 2. The molecule has 160 valence electrons. The molecule has 4 rings (SSSR count). The first-order valence-corrected chi connectivity index (χ1v) is 10.5. The number of hydrogen-bond acceptors (Lipinski definition) is 6. The van der Waals surface area contributed by atoms with Crippen LogP contribution in [-0.2, 0) is 14.4 Å². The molecule has 0 spiro atoms. The standard InChI is InChI=1S/C22H30O7/c1-20-9-16(25)18-13(14(20)5-6-22(20,29)17(26)10-23)4-3-11-7-12(24)8-15(19(27)28)21(11,18)2/h7,13-16,18,23,25,29H,3-6,8-10H2,1-2H3,(H,27,28)/t13-,14-,15?,16-,18+,20-,21+,22-/m0/s1. The molecule has 0 amide bonds. The Kier molecular flexibility index (Phi) is 4.61. The molecule has 7 heteroatoms. The van der Waals surface area contributed by atoms with Crippen molar-refractivity contribution in [1.82, 2.24) is 0 Å². The summed E-state index contributed by atoms with van der Waals surface area (Å²) in [5, 5.41) is 41.8. The molecule has 0 aromatic rings. The Morgan fingerprint density at radius 3 is 2.55 bits per heavy atom. The number of aliphatic hydroxyl groups is 3. The monoisotopic (exact) mass is 406 g/mol. The highest BCUT2D eigenvalue weighted by Crippen LogP contribution is 2.68. The van der Waals surface area contributed by atoms with Gasteiger partial charge in [-0.25, -0.2) is 0 Å². The Morgan fingerprint density at radius 1 is 1.24 bits per heavy atom. The second kappa shape index (κ2) is 6.46. The third-order valence-electron chi connectivity index (χ3n) is 9.10. The van der Waals surface area contributed by atoms with Crippen LogP contribution in [0.5, 0.6) is 0 Å². The Bertz CT molecular complexity index is 803. The van der Waals surface area contributed by atoms with Crippen molar-refractivity contribution < 1.29 is 34.8 Å². The van der Waals surface area contributed by atoms with Gasteiger partial charge in [-0.2, -0.15) is 0 Å². The van der Waals surface area contributed by atoms with E-state index >= 15 is 0 Å². The number of hydrogen-bond donors (Lipinski definition) is 4. The van der Waals surface area contributed by atoms with Crippen LogP contribution >= 0.6 is 0 Å². The average Bonchev–Trinajstić information content (AvgIpc) is 2.92. The van der Waals surface area contributed by atoms with Gasteiger partial charge in [0.15, 0.2) is 11.6 Å². The van der Waals surface area contributed by atoms with Gasteiger partial charge in [-0.1, -0.05) is 19.4 Å². The third kappa shape index (κ3) is 2.50. The normalized spacial score (nSPS) is 48.9. The van der Waals surface area contributed by atoms with Gasteiger partial charge < -0.3 is 20.4 Å². The van der Waals surface area contributed by atoms with E-state index in [9.17, 15) is 34.8 Å². The third-order valence-corrected chi connectivity index (χ3v) is 9.10. The lowest BCUT2D eigenvalue weighted by Gasteiger charge is -2.61. The first-order valence-electron chi connectivity index (χ1n) is 10.5. The van der Waals surface area contributed by atoms with Gasteiger partial charge in [-0.05, 0) is 55.9 Å². The van der Waals surface area contributed by atoms with Crippen LogP contribution in [0, 0.1) is 34.5 Å². The zero-order chi connectivity index (χ0) is 21.4. The number of allylic oxidation sites excluding steroid dienone is 1. The van der Waals surface area contributed by atoms with Crippen molar-refractivity contribution in [2.75, 3.05) is 6.61 Å². The van der Waals surface area contributed by atoms with Crippen LogP contribution in [-0.4, -0.2) is 56.3 Å². The predicted octanol–water partition coefficient (Wildman–Crippen LogP) is 1.09. The molecule has 1 unspecified atom stereocenters. The van der Waals surface area contributed by atoms with Gasteiger partial charge in [0.05, 0.1) is 12.0 Å². The van der Waals surface area contributed by atoms with Crippen molar-refractivity contribution in [2.45, 2.75) is 64.1 Å². The molecule has 4 aliphatic carbocycles. The SMILES string of the molecule is C[C@]12C[C@H](O)[C@H]3[C@@H](CCC4=CC(=O)CC(C(=O)O)[C@@]43C)[C@@H]1CC[C@]2(O)C(=O)CO. The molecule has 0 aliphatic heterocycles. The molecule has 0 saturated heterocycles. The van der Waals surface area contributed by atoms with E-state index in [2.05, 4.69) is 0 Å². The van der Waals surface area contributed by atoms with Gasteiger partial charge in [-0.3, -0.25) is 14.4 Å². The second-order valence-electron chi connectivity index (χ2n) is 10.0. The van der Waals surface area contributed by atoms with Gasteiger partial charge in [0.2, 0.25) is 0 Å². The van der Waals surface area contributed by atoms with Crippen LogP contribution in [0.15, 0.2) is 11.6 Å². The molecule has 4 aliphatic rings. The first-order chi connectivity index (χ1) is 13.5. The average molecular weight is 406 g/mol. The number of carboxylic acids is 1. The summed E-state index contributed by atoms with van der Waals surface area (Å²) < 4.78 is 0. The molecule has 0 aromatic heterocycles. The molecule has 4 N–H and O–H groups in total. The Hall–Kier alpha value is -1.57. The molecule has 0 aromatic carbocycles.